The maximum Gasteiger partial charge on any atom is 0.237 e. The van der Waals surface area contributed by atoms with E-state index in [0.717, 1.165) is 38.5 Å². The first-order valence-electron chi connectivity index (χ1n) is 9.03. The molecule has 0 aliphatic carbocycles. The van der Waals surface area contributed by atoms with E-state index in [1.54, 1.807) is 28.0 Å². The lowest BCUT2D eigenvalue weighted by Gasteiger charge is -2.36. The molecule has 1 amide bonds. The van der Waals surface area contributed by atoms with E-state index in [1.807, 2.05) is 6.07 Å². The number of carbonyl (C=O) groups is 1. The summed E-state index contributed by atoms with van der Waals surface area (Å²) in [6.07, 6.45) is 0. The third kappa shape index (κ3) is 4.96. The van der Waals surface area contributed by atoms with Gasteiger partial charge in [-0.05, 0) is 26.8 Å². The summed E-state index contributed by atoms with van der Waals surface area (Å²) in [7, 11) is 3.41. The maximum absolute atomic E-state index is 12.4. The SMILES string of the molecule is COc1ccc(C)cc1CN1CCN(CC(=O)N(C)C(C)(C)C#N)CC1. The van der Waals surface area contributed by atoms with Crippen molar-refractivity contribution in [3.05, 3.63) is 29.3 Å². The number of ether oxygens (including phenoxy) is 1. The first-order chi connectivity index (χ1) is 12.3. The smallest absolute Gasteiger partial charge is 0.237 e. The molecule has 142 valence electrons. The number of methoxy groups -OCH3 is 1. The largest absolute Gasteiger partial charge is 0.496 e. The molecule has 0 saturated carbocycles. The molecule has 1 fully saturated rings. The maximum atomic E-state index is 12.4. The molecular weight excluding hydrogens is 328 g/mol. The number of rotatable bonds is 6. The number of nitriles is 1. The van der Waals surface area contributed by atoms with Gasteiger partial charge in [0, 0.05) is 45.3 Å². The van der Waals surface area contributed by atoms with Gasteiger partial charge >= 0.3 is 0 Å². The van der Waals surface area contributed by atoms with E-state index in [-0.39, 0.29) is 5.91 Å². The zero-order valence-corrected chi connectivity index (χ0v) is 16.6. The van der Waals surface area contributed by atoms with Crippen molar-refractivity contribution in [2.45, 2.75) is 32.9 Å². The van der Waals surface area contributed by atoms with Crippen LogP contribution in [0.3, 0.4) is 0 Å². The predicted octanol–water partition coefficient (Wildman–Crippen LogP) is 1.88. The normalized spacial score (nSPS) is 16.2. The first kappa shape index (κ1) is 20.2. The number of nitrogens with zero attached hydrogens (tertiary/aromatic N) is 4. The fraction of sp³-hybridized carbons (Fsp3) is 0.600. The lowest BCUT2D eigenvalue weighted by molar-refractivity contribution is -0.134. The Balaban J connectivity index is 1.87. The van der Waals surface area contributed by atoms with Crippen LogP contribution < -0.4 is 4.74 Å². The van der Waals surface area contributed by atoms with Crippen molar-refractivity contribution < 1.29 is 9.53 Å². The van der Waals surface area contributed by atoms with E-state index >= 15 is 0 Å². The number of hydrogen-bond acceptors (Lipinski definition) is 5. The number of carbonyl (C=O) groups excluding carboxylic acids is 1. The van der Waals surface area contributed by atoms with E-state index in [4.69, 9.17) is 4.74 Å². The average Bonchev–Trinajstić information content (AvgIpc) is 2.62. The van der Waals surface area contributed by atoms with E-state index in [2.05, 4.69) is 34.9 Å². The molecule has 1 aromatic carbocycles. The van der Waals surface area contributed by atoms with Gasteiger partial charge in [-0.2, -0.15) is 5.26 Å². The van der Waals surface area contributed by atoms with Crippen molar-refractivity contribution in [3.8, 4) is 11.8 Å². The number of piperazine rings is 1. The number of likely N-dealkylation sites (N-methyl/N-ethyl adjacent to an activating group) is 1. The van der Waals surface area contributed by atoms with Crippen LogP contribution in [0.2, 0.25) is 0 Å². The van der Waals surface area contributed by atoms with Gasteiger partial charge in [-0.25, -0.2) is 0 Å². The van der Waals surface area contributed by atoms with Crippen LogP contribution in [0.1, 0.15) is 25.0 Å². The van der Waals surface area contributed by atoms with Gasteiger partial charge < -0.3 is 9.64 Å². The number of amides is 1. The summed E-state index contributed by atoms with van der Waals surface area (Å²) in [6.45, 7) is 10.4. The third-order valence-corrected chi connectivity index (χ3v) is 5.14. The van der Waals surface area contributed by atoms with Crippen LogP contribution in [0.4, 0.5) is 0 Å². The zero-order valence-electron chi connectivity index (χ0n) is 16.6. The quantitative estimate of drug-likeness (QED) is 0.777. The summed E-state index contributed by atoms with van der Waals surface area (Å²) >= 11 is 0. The second-order valence-electron chi connectivity index (χ2n) is 7.49. The lowest BCUT2D eigenvalue weighted by atomic mass is 10.1. The molecule has 1 aromatic rings. The summed E-state index contributed by atoms with van der Waals surface area (Å²) < 4.78 is 5.47. The van der Waals surface area contributed by atoms with E-state index in [1.165, 1.54) is 16.0 Å². The van der Waals surface area contributed by atoms with Gasteiger partial charge in [0.15, 0.2) is 0 Å². The van der Waals surface area contributed by atoms with Crippen LogP contribution in [0.5, 0.6) is 5.75 Å². The van der Waals surface area contributed by atoms with Crippen LogP contribution >= 0.6 is 0 Å². The summed E-state index contributed by atoms with van der Waals surface area (Å²) in [5, 5.41) is 9.18. The monoisotopic (exact) mass is 358 g/mol. The highest BCUT2D eigenvalue weighted by atomic mass is 16.5. The van der Waals surface area contributed by atoms with Crippen LogP contribution in [-0.4, -0.2) is 73.0 Å². The fourth-order valence-electron chi connectivity index (χ4n) is 3.06. The fourth-order valence-corrected chi connectivity index (χ4v) is 3.06. The molecule has 1 saturated heterocycles. The van der Waals surface area contributed by atoms with Gasteiger partial charge in [0.25, 0.3) is 0 Å². The van der Waals surface area contributed by atoms with Crippen molar-refractivity contribution in [1.29, 1.82) is 5.26 Å². The molecular formula is C20H30N4O2. The topological polar surface area (TPSA) is 59.8 Å². The van der Waals surface area contributed by atoms with Gasteiger partial charge in [0.2, 0.25) is 5.91 Å². The van der Waals surface area contributed by atoms with Crippen molar-refractivity contribution in [1.82, 2.24) is 14.7 Å². The standard InChI is InChI=1S/C20H30N4O2/c1-16-6-7-18(26-5)17(12-16)13-23-8-10-24(11-9-23)14-19(25)22(4)20(2,3)15-21/h6-7,12H,8-11,13-14H2,1-5H3. The minimum absolute atomic E-state index is 0.00893. The van der Waals surface area contributed by atoms with Crippen molar-refractivity contribution in [2.75, 3.05) is 46.9 Å². The molecule has 0 radical (unpaired) electrons. The Morgan fingerprint density at radius 3 is 2.46 bits per heavy atom. The molecule has 0 unspecified atom stereocenters. The van der Waals surface area contributed by atoms with Gasteiger partial charge in [-0.3, -0.25) is 14.6 Å². The lowest BCUT2D eigenvalue weighted by Crippen LogP contribution is -2.52. The molecule has 1 aliphatic rings. The Hall–Kier alpha value is -2.10. The molecule has 2 rings (SSSR count). The molecule has 6 heteroatoms. The highest BCUT2D eigenvalue weighted by molar-refractivity contribution is 5.79. The third-order valence-electron chi connectivity index (χ3n) is 5.14. The molecule has 6 nitrogen and oxygen atoms in total. The van der Waals surface area contributed by atoms with Gasteiger partial charge in [0.05, 0.1) is 19.7 Å². The molecule has 0 aromatic heterocycles. The Morgan fingerprint density at radius 1 is 1.27 bits per heavy atom. The Morgan fingerprint density at radius 2 is 1.88 bits per heavy atom. The van der Waals surface area contributed by atoms with Crippen LogP contribution in [0, 0.1) is 18.3 Å². The molecule has 26 heavy (non-hydrogen) atoms. The molecule has 1 heterocycles. The highest BCUT2D eigenvalue weighted by Crippen LogP contribution is 2.22. The molecule has 1 aliphatic heterocycles. The van der Waals surface area contributed by atoms with Crippen molar-refractivity contribution in [3.63, 3.8) is 0 Å². The number of hydrogen-bond donors (Lipinski definition) is 0. The Labute approximate surface area is 156 Å². The van der Waals surface area contributed by atoms with Crippen molar-refractivity contribution >= 4 is 5.91 Å². The molecule has 0 N–H and O–H groups in total. The molecule has 0 atom stereocenters. The van der Waals surface area contributed by atoms with E-state index in [9.17, 15) is 10.1 Å². The second kappa shape index (κ2) is 8.52. The minimum atomic E-state index is -0.777. The second-order valence-corrected chi connectivity index (χ2v) is 7.49. The minimum Gasteiger partial charge on any atom is -0.496 e. The van der Waals surface area contributed by atoms with Crippen molar-refractivity contribution in [2.24, 2.45) is 0 Å². The summed E-state index contributed by atoms with van der Waals surface area (Å²) in [5.74, 6) is 0.916. The predicted molar refractivity (Wildman–Crippen MR) is 102 cm³/mol. The highest BCUT2D eigenvalue weighted by Gasteiger charge is 2.29. The van der Waals surface area contributed by atoms with E-state index in [0.29, 0.717) is 6.54 Å². The van der Waals surface area contributed by atoms with Crippen LogP contribution in [-0.2, 0) is 11.3 Å². The van der Waals surface area contributed by atoms with Crippen LogP contribution in [0.25, 0.3) is 0 Å². The summed E-state index contributed by atoms with van der Waals surface area (Å²) in [5.41, 5.74) is 1.65. The summed E-state index contributed by atoms with van der Waals surface area (Å²) in [6, 6.07) is 8.43. The Bertz CT molecular complexity index is 673. The van der Waals surface area contributed by atoms with Crippen LogP contribution in [0.15, 0.2) is 18.2 Å². The van der Waals surface area contributed by atoms with Gasteiger partial charge in [0.1, 0.15) is 11.3 Å². The first-order valence-corrected chi connectivity index (χ1v) is 9.03. The Kier molecular flexibility index (Phi) is 6.63. The zero-order chi connectivity index (χ0) is 19.3. The molecule has 0 bridgehead atoms. The van der Waals surface area contributed by atoms with Gasteiger partial charge in [-0.15, -0.1) is 0 Å². The number of aryl methyl sites for hydroxylation is 1. The number of benzene rings is 1. The van der Waals surface area contributed by atoms with Gasteiger partial charge in [-0.1, -0.05) is 17.7 Å². The molecule has 0 spiro atoms. The van der Waals surface area contributed by atoms with E-state index < -0.39 is 5.54 Å². The summed E-state index contributed by atoms with van der Waals surface area (Å²) in [4.78, 5) is 18.5. The average molecular weight is 358 g/mol.